The SMILES string of the molecule is CCCCCNC(=O)[C@@H]1CN(S(C)(=O)=O)c2ccccc2O1. The van der Waals surface area contributed by atoms with Crippen molar-refractivity contribution < 1.29 is 17.9 Å². The highest BCUT2D eigenvalue weighted by atomic mass is 32.2. The average molecular weight is 326 g/mol. The number of para-hydroxylation sites is 2. The van der Waals surface area contributed by atoms with E-state index >= 15 is 0 Å². The van der Waals surface area contributed by atoms with Gasteiger partial charge in [0.2, 0.25) is 10.0 Å². The number of sulfonamides is 1. The molecule has 0 spiro atoms. The minimum atomic E-state index is -3.46. The average Bonchev–Trinajstić information content (AvgIpc) is 2.49. The van der Waals surface area contributed by atoms with E-state index in [4.69, 9.17) is 4.74 Å². The highest BCUT2D eigenvalue weighted by Gasteiger charge is 2.34. The fraction of sp³-hybridized carbons (Fsp3) is 0.533. The van der Waals surface area contributed by atoms with Gasteiger partial charge in [0.15, 0.2) is 6.10 Å². The lowest BCUT2D eigenvalue weighted by atomic mass is 10.2. The molecule has 0 unspecified atom stereocenters. The number of hydrogen-bond donors (Lipinski definition) is 1. The van der Waals surface area contributed by atoms with Gasteiger partial charge in [-0.05, 0) is 18.6 Å². The molecule has 0 saturated carbocycles. The zero-order valence-electron chi connectivity index (χ0n) is 12.9. The van der Waals surface area contributed by atoms with Gasteiger partial charge in [0.25, 0.3) is 5.91 Å². The van der Waals surface area contributed by atoms with Crippen LogP contribution in [0.3, 0.4) is 0 Å². The maximum Gasteiger partial charge on any atom is 0.263 e. The van der Waals surface area contributed by atoms with Crippen molar-refractivity contribution in [3.63, 3.8) is 0 Å². The van der Waals surface area contributed by atoms with Crippen LogP contribution in [0.15, 0.2) is 24.3 Å². The normalized spacial score (nSPS) is 17.5. The number of ether oxygens (including phenoxy) is 1. The minimum absolute atomic E-state index is 0.00451. The van der Waals surface area contributed by atoms with E-state index in [0.717, 1.165) is 25.5 Å². The second kappa shape index (κ2) is 7.00. The summed E-state index contributed by atoms with van der Waals surface area (Å²) in [6.07, 6.45) is 3.33. The summed E-state index contributed by atoms with van der Waals surface area (Å²) in [6.45, 7) is 2.66. The van der Waals surface area contributed by atoms with E-state index in [2.05, 4.69) is 12.2 Å². The summed E-state index contributed by atoms with van der Waals surface area (Å²) in [5, 5.41) is 2.80. The Kier molecular flexibility index (Phi) is 5.28. The second-order valence-corrected chi connectivity index (χ2v) is 7.27. The van der Waals surface area contributed by atoms with Gasteiger partial charge in [0.1, 0.15) is 5.75 Å². The second-order valence-electron chi connectivity index (χ2n) is 5.37. The van der Waals surface area contributed by atoms with Crippen LogP contribution in [0.4, 0.5) is 5.69 Å². The number of rotatable bonds is 6. The van der Waals surface area contributed by atoms with Gasteiger partial charge < -0.3 is 10.1 Å². The molecule has 1 aliphatic rings. The molecule has 1 aromatic carbocycles. The van der Waals surface area contributed by atoms with Crippen LogP contribution in [0.2, 0.25) is 0 Å². The molecular formula is C15H22N2O4S. The first-order chi connectivity index (χ1) is 10.4. The number of carbonyl (C=O) groups excluding carboxylic acids is 1. The summed E-state index contributed by atoms with van der Waals surface area (Å²) in [4.78, 5) is 12.2. The largest absolute Gasteiger partial charge is 0.476 e. The summed E-state index contributed by atoms with van der Waals surface area (Å²) in [5.74, 6) is 0.132. The zero-order valence-corrected chi connectivity index (χ0v) is 13.7. The zero-order chi connectivity index (χ0) is 16.2. The van der Waals surface area contributed by atoms with Gasteiger partial charge in [0, 0.05) is 6.54 Å². The third-order valence-corrected chi connectivity index (χ3v) is 4.65. The van der Waals surface area contributed by atoms with Crippen molar-refractivity contribution in [2.45, 2.75) is 32.3 Å². The lowest BCUT2D eigenvalue weighted by molar-refractivity contribution is -0.127. The van der Waals surface area contributed by atoms with Crippen LogP contribution in [0.5, 0.6) is 5.75 Å². The van der Waals surface area contributed by atoms with E-state index in [1.807, 2.05) is 0 Å². The molecule has 122 valence electrons. The van der Waals surface area contributed by atoms with Crippen molar-refractivity contribution >= 4 is 21.6 Å². The van der Waals surface area contributed by atoms with Crippen molar-refractivity contribution in [1.29, 1.82) is 0 Å². The van der Waals surface area contributed by atoms with Crippen molar-refractivity contribution in [3.05, 3.63) is 24.3 Å². The fourth-order valence-electron chi connectivity index (χ4n) is 2.35. The van der Waals surface area contributed by atoms with Crippen LogP contribution in [0, 0.1) is 0 Å². The summed E-state index contributed by atoms with van der Waals surface area (Å²) < 4.78 is 30.8. The fourth-order valence-corrected chi connectivity index (χ4v) is 3.27. The van der Waals surface area contributed by atoms with Crippen molar-refractivity contribution in [2.24, 2.45) is 0 Å². The molecule has 0 saturated heterocycles. The van der Waals surface area contributed by atoms with Crippen LogP contribution >= 0.6 is 0 Å². The maximum atomic E-state index is 12.2. The van der Waals surface area contributed by atoms with Crippen molar-refractivity contribution in [3.8, 4) is 5.75 Å². The van der Waals surface area contributed by atoms with E-state index in [1.54, 1.807) is 24.3 Å². The number of nitrogens with one attached hydrogen (secondary N) is 1. The Bertz CT molecular complexity index is 630. The number of anilines is 1. The summed E-state index contributed by atoms with van der Waals surface area (Å²) in [5.41, 5.74) is 0.472. The quantitative estimate of drug-likeness (QED) is 0.804. The number of carbonyl (C=O) groups is 1. The molecule has 2 rings (SSSR count). The Morgan fingerprint density at radius 3 is 2.77 bits per heavy atom. The number of hydrogen-bond acceptors (Lipinski definition) is 4. The molecule has 1 N–H and O–H groups in total. The molecule has 1 aliphatic heterocycles. The molecule has 0 aliphatic carbocycles. The smallest absolute Gasteiger partial charge is 0.263 e. The minimum Gasteiger partial charge on any atom is -0.476 e. The highest BCUT2D eigenvalue weighted by molar-refractivity contribution is 7.92. The Labute approximate surface area is 131 Å². The molecule has 1 amide bonds. The summed E-state index contributed by atoms with van der Waals surface area (Å²) in [7, 11) is -3.46. The molecule has 0 bridgehead atoms. The molecule has 0 aromatic heterocycles. The first kappa shape index (κ1) is 16.6. The van der Waals surface area contributed by atoms with E-state index in [-0.39, 0.29) is 12.5 Å². The van der Waals surface area contributed by atoms with E-state index < -0.39 is 16.1 Å². The number of benzene rings is 1. The van der Waals surface area contributed by atoms with Crippen molar-refractivity contribution in [1.82, 2.24) is 5.32 Å². The van der Waals surface area contributed by atoms with E-state index in [0.29, 0.717) is 18.0 Å². The molecule has 1 heterocycles. The Balaban J connectivity index is 2.12. The van der Waals surface area contributed by atoms with Crippen molar-refractivity contribution in [2.75, 3.05) is 23.7 Å². The Hall–Kier alpha value is -1.76. The summed E-state index contributed by atoms with van der Waals surface area (Å²) in [6, 6.07) is 6.84. The first-order valence-corrected chi connectivity index (χ1v) is 9.29. The van der Waals surface area contributed by atoms with E-state index in [9.17, 15) is 13.2 Å². The van der Waals surface area contributed by atoms with Crippen LogP contribution in [0.25, 0.3) is 0 Å². The van der Waals surface area contributed by atoms with Gasteiger partial charge >= 0.3 is 0 Å². The molecule has 7 heteroatoms. The Morgan fingerprint density at radius 2 is 2.09 bits per heavy atom. The number of fused-ring (bicyclic) bond motifs is 1. The third-order valence-electron chi connectivity index (χ3n) is 3.51. The number of nitrogens with zero attached hydrogens (tertiary/aromatic N) is 1. The number of amides is 1. The molecule has 1 aromatic rings. The standard InChI is InChI=1S/C15H22N2O4S/c1-3-4-7-10-16-15(18)14-11-17(22(2,19)20)12-8-5-6-9-13(12)21-14/h5-6,8-9,14H,3-4,7,10-11H2,1-2H3,(H,16,18)/t14-/m0/s1. The van der Waals surface area contributed by atoms with Gasteiger partial charge in [-0.2, -0.15) is 0 Å². The Morgan fingerprint density at radius 1 is 1.36 bits per heavy atom. The monoisotopic (exact) mass is 326 g/mol. The molecule has 6 nitrogen and oxygen atoms in total. The van der Waals surface area contributed by atoms with Gasteiger partial charge in [-0.25, -0.2) is 8.42 Å². The first-order valence-electron chi connectivity index (χ1n) is 7.44. The predicted octanol–water partition coefficient (Wildman–Crippen LogP) is 1.52. The third kappa shape index (κ3) is 3.91. The molecule has 0 radical (unpaired) electrons. The lowest BCUT2D eigenvalue weighted by Crippen LogP contribution is -2.50. The molecule has 22 heavy (non-hydrogen) atoms. The number of unbranched alkanes of at least 4 members (excludes halogenated alkanes) is 2. The van der Waals surface area contributed by atoms with E-state index in [1.165, 1.54) is 4.31 Å². The van der Waals surface area contributed by atoms with Gasteiger partial charge in [-0.1, -0.05) is 31.9 Å². The topological polar surface area (TPSA) is 75.7 Å². The van der Waals surface area contributed by atoms with Crippen LogP contribution < -0.4 is 14.4 Å². The molecule has 1 atom stereocenters. The van der Waals surface area contributed by atoms with Gasteiger partial charge in [0.05, 0.1) is 18.5 Å². The molecule has 0 fully saturated rings. The highest BCUT2D eigenvalue weighted by Crippen LogP contribution is 2.34. The van der Waals surface area contributed by atoms with Crippen LogP contribution in [-0.2, 0) is 14.8 Å². The predicted molar refractivity (Wildman–Crippen MR) is 85.6 cm³/mol. The lowest BCUT2D eigenvalue weighted by Gasteiger charge is -2.33. The maximum absolute atomic E-state index is 12.2. The van der Waals surface area contributed by atoms with Crippen LogP contribution in [-0.4, -0.2) is 39.8 Å². The summed E-state index contributed by atoms with van der Waals surface area (Å²) >= 11 is 0. The van der Waals surface area contributed by atoms with Gasteiger partial charge in [-0.3, -0.25) is 9.10 Å². The molecular weight excluding hydrogens is 304 g/mol. The van der Waals surface area contributed by atoms with Gasteiger partial charge in [-0.15, -0.1) is 0 Å². The van der Waals surface area contributed by atoms with Crippen LogP contribution in [0.1, 0.15) is 26.2 Å².